The first-order valence-electron chi connectivity index (χ1n) is 4.12. The average Bonchev–Trinajstić information content (AvgIpc) is 2.48. The Morgan fingerprint density at radius 2 is 2.21 bits per heavy atom. The van der Waals surface area contributed by atoms with Crippen molar-refractivity contribution in [1.29, 1.82) is 0 Å². The summed E-state index contributed by atoms with van der Waals surface area (Å²) < 4.78 is 0. The maximum Gasteiger partial charge on any atom is 0.405 e. The van der Waals surface area contributed by atoms with Gasteiger partial charge in [0.1, 0.15) is 0 Å². The molecular weight excluding hydrogens is 202 g/mol. The van der Waals surface area contributed by atoms with E-state index in [9.17, 15) is 9.59 Å². The maximum absolute atomic E-state index is 11.2. The summed E-state index contributed by atoms with van der Waals surface area (Å²) >= 11 is 1.55. The van der Waals surface area contributed by atoms with Gasteiger partial charge in [-0.3, -0.25) is 4.79 Å². The van der Waals surface area contributed by atoms with Crippen molar-refractivity contribution in [2.45, 2.75) is 13.3 Å². The summed E-state index contributed by atoms with van der Waals surface area (Å²) in [6.45, 7) is 1.85. The zero-order valence-electron chi connectivity index (χ0n) is 7.74. The minimum absolute atomic E-state index is 0.116. The molecule has 0 aromatic carbocycles. The molecule has 1 rings (SSSR count). The largest absolute Gasteiger partial charge is 0.465 e. The van der Waals surface area contributed by atoms with Crippen LogP contribution in [0.1, 0.15) is 9.75 Å². The molecule has 0 bridgehead atoms. The summed E-state index contributed by atoms with van der Waals surface area (Å²) in [6, 6.07) is 3.83. The first kappa shape index (κ1) is 10.7. The first-order valence-corrected chi connectivity index (χ1v) is 4.93. The van der Waals surface area contributed by atoms with E-state index in [0.717, 1.165) is 9.75 Å². The number of carboxylic acid groups (broad SMARTS) is 1. The molecule has 1 heterocycles. The van der Waals surface area contributed by atoms with Gasteiger partial charge >= 0.3 is 6.09 Å². The van der Waals surface area contributed by atoms with E-state index in [1.165, 1.54) is 0 Å². The summed E-state index contributed by atoms with van der Waals surface area (Å²) in [6.07, 6.45) is -0.862. The predicted octanol–water partition coefficient (Wildman–Crippen LogP) is 1.44. The van der Waals surface area contributed by atoms with E-state index >= 15 is 0 Å². The second-order valence-corrected chi connectivity index (χ2v) is 4.26. The van der Waals surface area contributed by atoms with Gasteiger partial charge in [-0.05, 0) is 19.1 Å². The molecule has 0 spiro atoms. The Kier molecular flexibility index (Phi) is 3.64. The van der Waals surface area contributed by atoms with Gasteiger partial charge in [-0.25, -0.2) is 4.79 Å². The van der Waals surface area contributed by atoms with Gasteiger partial charge in [0.2, 0.25) is 0 Å². The Bertz CT molecular complexity index is 346. The van der Waals surface area contributed by atoms with E-state index < -0.39 is 6.09 Å². The summed E-state index contributed by atoms with van der Waals surface area (Å²) in [5.41, 5.74) is 0. The monoisotopic (exact) mass is 213 g/mol. The summed E-state index contributed by atoms with van der Waals surface area (Å²) in [4.78, 5) is 23.4. The maximum atomic E-state index is 11.2. The second kappa shape index (κ2) is 4.76. The quantitative estimate of drug-likeness (QED) is 0.795. The average molecular weight is 213 g/mol. The number of Topliss-reactive ketones (excluding diaryl/α,β-unsaturated/α-hetero) is 1. The minimum Gasteiger partial charge on any atom is -0.465 e. The van der Waals surface area contributed by atoms with Gasteiger partial charge in [0.25, 0.3) is 0 Å². The molecular formula is C9H11NO3S. The third-order valence-electron chi connectivity index (χ3n) is 1.60. The molecule has 0 atom stereocenters. The van der Waals surface area contributed by atoms with Crippen LogP contribution in [0, 0.1) is 6.92 Å². The zero-order chi connectivity index (χ0) is 10.6. The molecule has 0 fully saturated rings. The lowest BCUT2D eigenvalue weighted by Crippen LogP contribution is -2.28. The number of thiophene rings is 1. The van der Waals surface area contributed by atoms with Gasteiger partial charge in [0.15, 0.2) is 5.78 Å². The molecule has 0 aliphatic heterocycles. The van der Waals surface area contributed by atoms with Crippen molar-refractivity contribution in [2.75, 3.05) is 6.54 Å². The minimum atomic E-state index is -1.17. The van der Waals surface area contributed by atoms with Crippen LogP contribution in [-0.2, 0) is 11.2 Å². The van der Waals surface area contributed by atoms with Gasteiger partial charge in [0.05, 0.1) is 6.54 Å². The Morgan fingerprint density at radius 1 is 1.50 bits per heavy atom. The first-order chi connectivity index (χ1) is 6.58. The molecule has 76 valence electrons. The molecule has 1 aromatic rings. The van der Waals surface area contributed by atoms with Crippen molar-refractivity contribution < 1.29 is 14.7 Å². The number of carbonyl (C=O) groups is 2. The van der Waals surface area contributed by atoms with Crippen LogP contribution in [0.2, 0.25) is 0 Å². The van der Waals surface area contributed by atoms with Crippen LogP contribution in [0.3, 0.4) is 0 Å². The number of amides is 1. The van der Waals surface area contributed by atoms with E-state index in [-0.39, 0.29) is 12.3 Å². The number of aryl methyl sites for hydroxylation is 1. The SMILES string of the molecule is Cc1ccc(CC(=O)CNC(=O)O)s1. The highest BCUT2D eigenvalue weighted by Crippen LogP contribution is 2.15. The molecule has 0 aliphatic carbocycles. The number of rotatable bonds is 4. The molecule has 0 saturated heterocycles. The normalized spacial score (nSPS) is 9.79. The number of hydrogen-bond acceptors (Lipinski definition) is 3. The van der Waals surface area contributed by atoms with E-state index in [4.69, 9.17) is 5.11 Å². The number of carbonyl (C=O) groups excluding carboxylic acids is 1. The third-order valence-corrected chi connectivity index (χ3v) is 2.60. The molecule has 0 saturated carbocycles. The lowest BCUT2D eigenvalue weighted by atomic mass is 10.2. The van der Waals surface area contributed by atoms with Crippen molar-refractivity contribution in [3.05, 3.63) is 21.9 Å². The number of nitrogens with one attached hydrogen (secondary N) is 1. The summed E-state index contributed by atoms with van der Waals surface area (Å²) in [5, 5.41) is 10.3. The summed E-state index contributed by atoms with van der Waals surface area (Å²) in [7, 11) is 0. The fourth-order valence-corrected chi connectivity index (χ4v) is 1.93. The lowest BCUT2D eigenvalue weighted by Gasteiger charge is -1.98. The fraction of sp³-hybridized carbons (Fsp3) is 0.333. The lowest BCUT2D eigenvalue weighted by molar-refractivity contribution is -0.117. The van der Waals surface area contributed by atoms with Crippen LogP contribution < -0.4 is 5.32 Å². The van der Waals surface area contributed by atoms with Crippen molar-refractivity contribution in [3.63, 3.8) is 0 Å². The van der Waals surface area contributed by atoms with Crippen molar-refractivity contribution in [3.8, 4) is 0 Å². The molecule has 1 amide bonds. The van der Waals surface area contributed by atoms with E-state index in [0.29, 0.717) is 6.42 Å². The molecule has 14 heavy (non-hydrogen) atoms. The topological polar surface area (TPSA) is 66.4 Å². The Hall–Kier alpha value is -1.36. The van der Waals surface area contributed by atoms with Crippen molar-refractivity contribution in [1.82, 2.24) is 5.32 Å². The van der Waals surface area contributed by atoms with Crippen LogP contribution >= 0.6 is 11.3 Å². The predicted molar refractivity (Wildman–Crippen MR) is 53.8 cm³/mol. The Morgan fingerprint density at radius 3 is 2.71 bits per heavy atom. The molecule has 0 unspecified atom stereocenters. The van der Waals surface area contributed by atoms with Crippen LogP contribution in [0.4, 0.5) is 4.79 Å². The van der Waals surface area contributed by atoms with Gasteiger partial charge in [0, 0.05) is 16.2 Å². The fourth-order valence-electron chi connectivity index (χ4n) is 1.01. The highest BCUT2D eigenvalue weighted by Gasteiger charge is 2.06. The molecule has 5 heteroatoms. The van der Waals surface area contributed by atoms with Gasteiger partial charge in [-0.15, -0.1) is 11.3 Å². The second-order valence-electron chi connectivity index (χ2n) is 2.89. The highest BCUT2D eigenvalue weighted by atomic mass is 32.1. The Labute approximate surface area is 85.6 Å². The number of ketones is 1. The summed E-state index contributed by atoms with van der Waals surface area (Å²) in [5.74, 6) is -0.116. The van der Waals surface area contributed by atoms with Gasteiger partial charge in [-0.1, -0.05) is 0 Å². The molecule has 2 N–H and O–H groups in total. The van der Waals surface area contributed by atoms with Gasteiger partial charge in [-0.2, -0.15) is 0 Å². The molecule has 1 aromatic heterocycles. The standard InChI is InChI=1S/C9H11NO3S/c1-6-2-3-8(14-6)4-7(11)5-10-9(12)13/h2-3,10H,4-5H2,1H3,(H,12,13). The van der Waals surface area contributed by atoms with E-state index in [2.05, 4.69) is 0 Å². The van der Waals surface area contributed by atoms with Crippen molar-refractivity contribution >= 4 is 23.2 Å². The van der Waals surface area contributed by atoms with Gasteiger partial charge < -0.3 is 10.4 Å². The van der Waals surface area contributed by atoms with Crippen LogP contribution in [0.15, 0.2) is 12.1 Å². The van der Waals surface area contributed by atoms with Crippen LogP contribution in [0.25, 0.3) is 0 Å². The van der Waals surface area contributed by atoms with Crippen molar-refractivity contribution in [2.24, 2.45) is 0 Å². The smallest absolute Gasteiger partial charge is 0.405 e. The molecule has 4 nitrogen and oxygen atoms in total. The number of hydrogen-bond donors (Lipinski definition) is 2. The van der Waals surface area contributed by atoms with Crippen LogP contribution in [-0.4, -0.2) is 23.5 Å². The zero-order valence-corrected chi connectivity index (χ0v) is 8.56. The Balaban J connectivity index is 2.37. The third kappa shape index (κ3) is 3.57. The van der Waals surface area contributed by atoms with E-state index in [1.807, 2.05) is 24.4 Å². The molecule has 0 radical (unpaired) electrons. The highest BCUT2D eigenvalue weighted by molar-refractivity contribution is 7.12. The van der Waals surface area contributed by atoms with Crippen LogP contribution in [0.5, 0.6) is 0 Å². The van der Waals surface area contributed by atoms with E-state index in [1.54, 1.807) is 11.3 Å². The molecule has 0 aliphatic rings.